The van der Waals surface area contributed by atoms with Crippen LogP contribution in [0.3, 0.4) is 0 Å². The fourth-order valence-electron chi connectivity index (χ4n) is 3.84. The average molecular weight is 381 g/mol. The van der Waals surface area contributed by atoms with Crippen molar-refractivity contribution in [3.8, 4) is 5.75 Å². The number of likely N-dealkylation sites (tertiary alicyclic amines) is 1. The fourth-order valence-corrected chi connectivity index (χ4v) is 3.84. The zero-order valence-electron chi connectivity index (χ0n) is 16.9. The summed E-state index contributed by atoms with van der Waals surface area (Å²) in [7, 11) is 3.25. The normalized spacial score (nSPS) is 16.1. The number of benzene rings is 1. The smallest absolute Gasteiger partial charge is 0.252 e. The standard InChI is InChI=1S/C22H27N3O3/c1-14-12-16(7-10-20(14)28-4)13-21(26)25-11-5-6-19(25)18-9-8-17(15(2)24-18)22(27)23-3/h7-10,12,19H,5-6,11,13H2,1-4H3,(H,23,27)/t19-/m1/s1. The molecule has 0 aliphatic carbocycles. The van der Waals surface area contributed by atoms with Crippen LogP contribution in [0.2, 0.25) is 0 Å². The van der Waals surface area contributed by atoms with Gasteiger partial charge in [-0.25, -0.2) is 0 Å². The molecule has 3 rings (SSSR count). The number of carbonyl (C=O) groups is 2. The van der Waals surface area contributed by atoms with Gasteiger partial charge in [0.25, 0.3) is 5.91 Å². The van der Waals surface area contributed by atoms with Gasteiger partial charge in [-0.15, -0.1) is 0 Å². The number of rotatable bonds is 5. The highest BCUT2D eigenvalue weighted by Gasteiger charge is 2.31. The Morgan fingerprint density at radius 1 is 1.25 bits per heavy atom. The van der Waals surface area contributed by atoms with Crippen molar-refractivity contribution in [2.24, 2.45) is 0 Å². The van der Waals surface area contributed by atoms with E-state index >= 15 is 0 Å². The molecule has 0 saturated carbocycles. The zero-order chi connectivity index (χ0) is 20.3. The van der Waals surface area contributed by atoms with Crippen LogP contribution in [0.1, 0.15) is 51.8 Å². The highest BCUT2D eigenvalue weighted by molar-refractivity contribution is 5.95. The number of carbonyl (C=O) groups excluding carboxylic acids is 2. The van der Waals surface area contributed by atoms with Crippen molar-refractivity contribution in [2.75, 3.05) is 20.7 Å². The monoisotopic (exact) mass is 381 g/mol. The van der Waals surface area contributed by atoms with E-state index < -0.39 is 0 Å². The van der Waals surface area contributed by atoms with Crippen LogP contribution >= 0.6 is 0 Å². The Balaban J connectivity index is 1.77. The van der Waals surface area contributed by atoms with Gasteiger partial charge in [0.15, 0.2) is 0 Å². The van der Waals surface area contributed by atoms with E-state index in [9.17, 15) is 9.59 Å². The number of amides is 2. The lowest BCUT2D eigenvalue weighted by atomic mass is 10.1. The first-order valence-corrected chi connectivity index (χ1v) is 9.57. The van der Waals surface area contributed by atoms with Gasteiger partial charge in [0.2, 0.25) is 5.91 Å². The van der Waals surface area contributed by atoms with Gasteiger partial charge in [-0.3, -0.25) is 14.6 Å². The van der Waals surface area contributed by atoms with Crippen LogP contribution in [0, 0.1) is 13.8 Å². The molecule has 1 aliphatic rings. The van der Waals surface area contributed by atoms with Crippen LogP contribution in [0.4, 0.5) is 0 Å². The highest BCUT2D eigenvalue weighted by atomic mass is 16.5. The van der Waals surface area contributed by atoms with Crippen LogP contribution in [0.15, 0.2) is 30.3 Å². The summed E-state index contributed by atoms with van der Waals surface area (Å²) >= 11 is 0. The summed E-state index contributed by atoms with van der Waals surface area (Å²) in [4.78, 5) is 31.4. The lowest BCUT2D eigenvalue weighted by Crippen LogP contribution is -2.32. The first-order chi connectivity index (χ1) is 13.4. The van der Waals surface area contributed by atoms with E-state index in [4.69, 9.17) is 4.74 Å². The molecule has 1 N–H and O–H groups in total. The summed E-state index contributed by atoms with van der Waals surface area (Å²) in [5, 5.41) is 2.63. The molecular weight excluding hydrogens is 354 g/mol. The van der Waals surface area contributed by atoms with Crippen LogP contribution < -0.4 is 10.1 Å². The molecule has 2 heterocycles. The Kier molecular flexibility index (Phi) is 5.97. The molecule has 6 nitrogen and oxygen atoms in total. The van der Waals surface area contributed by atoms with Crippen molar-refractivity contribution in [1.82, 2.24) is 15.2 Å². The lowest BCUT2D eigenvalue weighted by Gasteiger charge is -2.25. The van der Waals surface area contributed by atoms with E-state index in [1.165, 1.54) is 0 Å². The summed E-state index contributed by atoms with van der Waals surface area (Å²) in [5.74, 6) is 0.777. The summed E-state index contributed by atoms with van der Waals surface area (Å²) < 4.78 is 5.29. The van der Waals surface area contributed by atoms with E-state index in [-0.39, 0.29) is 17.9 Å². The van der Waals surface area contributed by atoms with Gasteiger partial charge in [0.05, 0.1) is 36.5 Å². The number of hydrogen-bond acceptors (Lipinski definition) is 4. The van der Waals surface area contributed by atoms with Gasteiger partial charge >= 0.3 is 0 Å². The second-order valence-corrected chi connectivity index (χ2v) is 7.17. The van der Waals surface area contributed by atoms with Gasteiger partial charge in [-0.2, -0.15) is 0 Å². The molecule has 1 fully saturated rings. The SMILES string of the molecule is CNC(=O)c1ccc([C@H]2CCCN2C(=O)Cc2ccc(OC)c(C)c2)nc1C. The summed E-state index contributed by atoms with van der Waals surface area (Å²) in [6.45, 7) is 4.54. The van der Waals surface area contributed by atoms with Crippen molar-refractivity contribution in [1.29, 1.82) is 0 Å². The van der Waals surface area contributed by atoms with Gasteiger partial charge < -0.3 is 15.0 Å². The second kappa shape index (κ2) is 8.42. The molecule has 0 radical (unpaired) electrons. The number of nitrogens with one attached hydrogen (secondary N) is 1. The molecule has 0 bridgehead atoms. The number of aromatic nitrogens is 1. The van der Waals surface area contributed by atoms with Crippen LogP contribution in [-0.4, -0.2) is 42.4 Å². The molecule has 1 atom stereocenters. The Morgan fingerprint density at radius 2 is 2.04 bits per heavy atom. The number of ether oxygens (including phenoxy) is 1. The minimum atomic E-state index is -0.147. The average Bonchev–Trinajstić information content (AvgIpc) is 3.17. The largest absolute Gasteiger partial charge is 0.496 e. The number of nitrogens with zero attached hydrogens (tertiary/aromatic N) is 2. The van der Waals surface area contributed by atoms with Gasteiger partial charge in [0, 0.05) is 13.6 Å². The molecule has 2 amide bonds. The second-order valence-electron chi connectivity index (χ2n) is 7.17. The number of methoxy groups -OCH3 is 1. The summed E-state index contributed by atoms with van der Waals surface area (Å²) in [6.07, 6.45) is 2.20. The molecule has 0 unspecified atom stereocenters. The van der Waals surface area contributed by atoms with Gasteiger partial charge in [-0.1, -0.05) is 12.1 Å². The third-order valence-electron chi connectivity index (χ3n) is 5.31. The molecule has 0 spiro atoms. The third-order valence-corrected chi connectivity index (χ3v) is 5.31. The van der Waals surface area contributed by atoms with Crippen molar-refractivity contribution in [3.05, 3.63) is 58.4 Å². The Hall–Kier alpha value is -2.89. The number of aryl methyl sites for hydroxylation is 2. The molecule has 148 valence electrons. The van der Waals surface area contributed by atoms with Crippen molar-refractivity contribution >= 4 is 11.8 Å². The maximum atomic E-state index is 13.0. The first-order valence-electron chi connectivity index (χ1n) is 9.57. The van der Waals surface area contributed by atoms with E-state index in [0.29, 0.717) is 17.7 Å². The molecule has 1 saturated heterocycles. The Labute approximate surface area is 165 Å². The molecule has 6 heteroatoms. The minimum absolute atomic E-state index is 0.0377. The first kappa shape index (κ1) is 19.9. The molecule has 1 aliphatic heterocycles. The number of pyridine rings is 1. The molecule has 1 aromatic heterocycles. The van der Waals surface area contributed by atoms with Gasteiger partial charge in [-0.05, 0) is 56.0 Å². The quantitative estimate of drug-likeness (QED) is 0.864. The zero-order valence-corrected chi connectivity index (χ0v) is 16.9. The molecule has 2 aromatic rings. The predicted molar refractivity (Wildman–Crippen MR) is 107 cm³/mol. The topological polar surface area (TPSA) is 71.5 Å². The van der Waals surface area contributed by atoms with Crippen molar-refractivity contribution in [3.63, 3.8) is 0 Å². The molecule has 1 aromatic carbocycles. The van der Waals surface area contributed by atoms with E-state index in [2.05, 4.69) is 10.3 Å². The maximum absolute atomic E-state index is 13.0. The van der Waals surface area contributed by atoms with Crippen LogP contribution in [0.5, 0.6) is 5.75 Å². The Bertz CT molecular complexity index is 895. The molecular formula is C22H27N3O3. The van der Waals surface area contributed by atoms with E-state index in [1.807, 2.05) is 43.0 Å². The van der Waals surface area contributed by atoms with E-state index in [0.717, 1.165) is 42.0 Å². The number of hydrogen-bond donors (Lipinski definition) is 1. The predicted octanol–water partition coefficient (Wildman–Crippen LogP) is 2.97. The molecule has 28 heavy (non-hydrogen) atoms. The van der Waals surface area contributed by atoms with Crippen LogP contribution in [0.25, 0.3) is 0 Å². The summed E-state index contributed by atoms with van der Waals surface area (Å²) in [5.41, 5.74) is 4.10. The minimum Gasteiger partial charge on any atom is -0.496 e. The van der Waals surface area contributed by atoms with Crippen molar-refractivity contribution < 1.29 is 14.3 Å². The fraction of sp³-hybridized carbons (Fsp3) is 0.409. The van der Waals surface area contributed by atoms with E-state index in [1.54, 1.807) is 20.2 Å². The van der Waals surface area contributed by atoms with Crippen LogP contribution in [-0.2, 0) is 11.2 Å². The van der Waals surface area contributed by atoms with Gasteiger partial charge in [0.1, 0.15) is 5.75 Å². The highest BCUT2D eigenvalue weighted by Crippen LogP contribution is 2.32. The lowest BCUT2D eigenvalue weighted by molar-refractivity contribution is -0.131. The maximum Gasteiger partial charge on any atom is 0.252 e. The summed E-state index contributed by atoms with van der Waals surface area (Å²) in [6, 6.07) is 9.47. The van der Waals surface area contributed by atoms with Crippen molar-refractivity contribution in [2.45, 2.75) is 39.2 Å². The third kappa shape index (κ3) is 4.01. The Morgan fingerprint density at radius 3 is 2.68 bits per heavy atom.